The summed E-state index contributed by atoms with van der Waals surface area (Å²) in [6, 6.07) is 6.09. The smallest absolute Gasteiger partial charge is 0.329 e. The van der Waals surface area contributed by atoms with Crippen molar-refractivity contribution in [2.24, 2.45) is 5.73 Å². The molecule has 13 nitrogen and oxygen atoms in total. The number of benzene rings is 1. The Morgan fingerprint density at radius 1 is 1.18 bits per heavy atom. The van der Waals surface area contributed by atoms with E-state index < -0.39 is 71.5 Å². The van der Waals surface area contributed by atoms with Gasteiger partial charge >= 0.3 is 17.7 Å². The van der Waals surface area contributed by atoms with E-state index in [-0.39, 0.29) is 18.7 Å². The number of amides is 2. The van der Waals surface area contributed by atoms with Crippen molar-refractivity contribution in [2.75, 3.05) is 4.31 Å². The van der Waals surface area contributed by atoms with Gasteiger partial charge in [-0.25, -0.2) is 18.3 Å². The number of carbonyl (C=O) groups is 4. The summed E-state index contributed by atoms with van der Waals surface area (Å²) in [5.74, 6) is -6.62. The molecule has 39 heavy (non-hydrogen) atoms. The minimum Gasteiger partial charge on any atom is -0.453 e. The molecule has 0 spiro atoms. The van der Waals surface area contributed by atoms with Crippen LogP contribution < -0.4 is 10.0 Å². The molecule has 5 rings (SSSR count). The number of fused-ring (bicyclic) bond motifs is 2. The zero-order valence-corrected chi connectivity index (χ0v) is 21.4. The Morgan fingerprint density at radius 2 is 1.92 bits per heavy atom. The average Bonchev–Trinajstić information content (AvgIpc) is 3.44. The lowest BCUT2D eigenvalue weighted by molar-refractivity contribution is -0.220. The lowest BCUT2D eigenvalue weighted by Gasteiger charge is -2.37. The number of hydrogen-bond donors (Lipinski definition) is 3. The van der Waals surface area contributed by atoms with Crippen molar-refractivity contribution in [1.29, 1.82) is 0 Å². The summed E-state index contributed by atoms with van der Waals surface area (Å²) in [7, 11) is 0. The number of aliphatic hydroxyl groups is 1. The van der Waals surface area contributed by atoms with Crippen LogP contribution in [0.2, 0.25) is 0 Å². The Bertz CT molecular complexity index is 1400. The summed E-state index contributed by atoms with van der Waals surface area (Å²) in [5, 5.41) is 11.7. The third kappa shape index (κ3) is 4.75. The number of hydrogen-bond acceptors (Lipinski definition) is 9. The summed E-state index contributed by atoms with van der Waals surface area (Å²) in [5.41, 5.74) is 5.16. The number of esters is 2. The Morgan fingerprint density at radius 3 is 2.67 bits per heavy atom. The molecule has 0 bridgehead atoms. The number of cyclic esters (lactones) is 1. The number of anilines is 1. The van der Waals surface area contributed by atoms with E-state index in [1.54, 1.807) is 24.3 Å². The van der Waals surface area contributed by atoms with Gasteiger partial charge in [0.25, 0.3) is 17.2 Å². The Labute approximate surface area is 225 Å². The maximum atomic E-state index is 14.0. The maximum Gasteiger partial charge on any atom is 0.329 e. The molecule has 2 saturated heterocycles. The van der Waals surface area contributed by atoms with E-state index in [0.717, 1.165) is 9.69 Å². The fraction of sp³-hybridized carbons (Fsp3) is 0.400. The van der Waals surface area contributed by atoms with E-state index >= 15 is 0 Å². The maximum absolute atomic E-state index is 14.0. The summed E-state index contributed by atoms with van der Waals surface area (Å²) in [6.07, 6.45) is 3.92. The van der Waals surface area contributed by atoms with Gasteiger partial charge in [0.15, 0.2) is 11.9 Å². The molecule has 3 aliphatic rings. The number of aromatic nitrogens is 1. The van der Waals surface area contributed by atoms with Crippen molar-refractivity contribution in [3.05, 3.63) is 48.7 Å². The minimum absolute atomic E-state index is 0.0629. The fourth-order valence-corrected chi connectivity index (χ4v) is 6.04. The van der Waals surface area contributed by atoms with Crippen LogP contribution in [0, 0.1) is 0 Å². The molecule has 14 heteroatoms. The third-order valence-electron chi connectivity index (χ3n) is 7.23. The monoisotopic (exact) mass is 558 g/mol. The number of rotatable bonds is 6. The standard InChI is InChI=1S/C25H26N4O9S/c26-24(33)25(34)19(13-20(30)38-25)37-23(32)18-10-9-15-6-2-4-8-17(22(31)28(15)18)29(39(35)36)21-16-7-3-1-5-14(16)11-12-27-21/h1-5,7,11-12,15,17-19,34H,6,8-10,13H2,(H2,26,33)(H,35,36). The quantitative estimate of drug-likeness (QED) is 0.252. The molecular formula is C25H26N4O9S. The number of carbonyl (C=O) groups excluding carboxylic acids is 4. The predicted molar refractivity (Wildman–Crippen MR) is 136 cm³/mol. The number of ether oxygens (including phenoxy) is 2. The highest BCUT2D eigenvalue weighted by Gasteiger charge is 2.57. The van der Waals surface area contributed by atoms with Crippen molar-refractivity contribution in [2.45, 2.75) is 62.1 Å². The van der Waals surface area contributed by atoms with Gasteiger partial charge in [0.1, 0.15) is 12.1 Å². The first-order chi connectivity index (χ1) is 18.6. The van der Waals surface area contributed by atoms with Gasteiger partial charge in [0, 0.05) is 17.6 Å². The molecule has 2 amide bonds. The molecule has 6 unspecified atom stereocenters. The highest BCUT2D eigenvalue weighted by Crippen LogP contribution is 2.35. The number of pyridine rings is 1. The topological polar surface area (TPSA) is 190 Å². The van der Waals surface area contributed by atoms with E-state index in [0.29, 0.717) is 18.2 Å². The summed E-state index contributed by atoms with van der Waals surface area (Å²) >= 11 is -2.66. The molecular weight excluding hydrogens is 532 g/mol. The molecule has 0 aliphatic carbocycles. The van der Waals surface area contributed by atoms with Crippen LogP contribution in [0.25, 0.3) is 10.8 Å². The van der Waals surface area contributed by atoms with Crippen molar-refractivity contribution in [1.82, 2.24) is 9.88 Å². The summed E-state index contributed by atoms with van der Waals surface area (Å²) in [6.45, 7) is 0. The number of primary amides is 1. The molecule has 2 fully saturated rings. The highest BCUT2D eigenvalue weighted by atomic mass is 32.2. The Balaban J connectivity index is 1.47. The molecule has 4 heterocycles. The van der Waals surface area contributed by atoms with Gasteiger partial charge in [0.05, 0.1) is 6.42 Å². The van der Waals surface area contributed by atoms with Crippen LogP contribution in [0.1, 0.15) is 32.1 Å². The zero-order chi connectivity index (χ0) is 27.9. The second-order valence-corrected chi connectivity index (χ2v) is 10.4. The summed E-state index contributed by atoms with van der Waals surface area (Å²) in [4.78, 5) is 56.4. The minimum atomic E-state index is -2.82. The van der Waals surface area contributed by atoms with Gasteiger partial charge in [-0.05, 0) is 37.1 Å². The average molecular weight is 559 g/mol. The van der Waals surface area contributed by atoms with Crippen LogP contribution in [-0.4, -0.2) is 77.5 Å². The first-order valence-electron chi connectivity index (χ1n) is 12.3. The van der Waals surface area contributed by atoms with Crippen molar-refractivity contribution >= 4 is 51.6 Å². The van der Waals surface area contributed by atoms with Gasteiger partial charge in [-0.3, -0.25) is 18.9 Å². The van der Waals surface area contributed by atoms with Crippen LogP contribution in [0.5, 0.6) is 0 Å². The normalized spacial score (nSPS) is 29.3. The first kappa shape index (κ1) is 26.7. The molecule has 0 radical (unpaired) electrons. The van der Waals surface area contributed by atoms with E-state index in [9.17, 15) is 33.0 Å². The van der Waals surface area contributed by atoms with Gasteiger partial charge in [-0.2, -0.15) is 0 Å². The molecule has 3 aliphatic heterocycles. The van der Waals surface area contributed by atoms with E-state index in [1.165, 1.54) is 11.1 Å². The van der Waals surface area contributed by atoms with Crippen LogP contribution in [0.3, 0.4) is 0 Å². The second-order valence-electron chi connectivity index (χ2n) is 9.53. The Kier molecular flexibility index (Phi) is 7.09. The van der Waals surface area contributed by atoms with Crippen molar-refractivity contribution in [3.63, 3.8) is 0 Å². The highest BCUT2D eigenvalue weighted by molar-refractivity contribution is 7.80. The number of nitrogens with zero attached hydrogens (tertiary/aromatic N) is 3. The largest absolute Gasteiger partial charge is 0.453 e. The SMILES string of the molecule is NC(=O)C1(O)OC(=O)CC1OC(=O)C1CCC2CC=CCC(N(c3nccc4ccccc34)S(=O)O)C(=O)N21. The summed E-state index contributed by atoms with van der Waals surface area (Å²) < 4.78 is 34.0. The molecule has 206 valence electrons. The molecule has 4 N–H and O–H groups in total. The Hall–Kier alpha value is -3.88. The molecule has 6 atom stereocenters. The van der Waals surface area contributed by atoms with Gasteiger partial charge < -0.3 is 25.2 Å². The van der Waals surface area contributed by atoms with Crippen LogP contribution in [0.15, 0.2) is 48.7 Å². The number of nitrogens with two attached hydrogens (primary N) is 1. The van der Waals surface area contributed by atoms with Crippen LogP contribution in [-0.2, 0) is 39.9 Å². The first-order valence-corrected chi connectivity index (χ1v) is 13.3. The van der Waals surface area contributed by atoms with E-state index in [2.05, 4.69) is 9.72 Å². The lowest BCUT2D eigenvalue weighted by atomic mass is 10.0. The van der Waals surface area contributed by atoms with Crippen LogP contribution >= 0.6 is 0 Å². The van der Waals surface area contributed by atoms with Crippen molar-refractivity contribution in [3.8, 4) is 0 Å². The second kappa shape index (κ2) is 10.4. The molecule has 1 aromatic carbocycles. The van der Waals surface area contributed by atoms with Gasteiger partial charge in [-0.15, -0.1) is 0 Å². The lowest BCUT2D eigenvalue weighted by Crippen LogP contribution is -2.57. The van der Waals surface area contributed by atoms with E-state index in [1.807, 2.05) is 18.2 Å². The fourth-order valence-electron chi connectivity index (χ4n) is 5.36. The van der Waals surface area contributed by atoms with E-state index in [4.69, 9.17) is 10.5 Å². The van der Waals surface area contributed by atoms with Gasteiger partial charge in [-0.1, -0.05) is 36.4 Å². The zero-order valence-electron chi connectivity index (χ0n) is 20.5. The molecule has 1 aromatic heterocycles. The third-order valence-corrected chi connectivity index (χ3v) is 7.99. The molecule has 0 saturated carbocycles. The van der Waals surface area contributed by atoms with Crippen molar-refractivity contribution < 1.29 is 42.5 Å². The predicted octanol–water partition coefficient (Wildman–Crippen LogP) is 0.289. The van der Waals surface area contributed by atoms with Crippen LogP contribution in [0.4, 0.5) is 5.82 Å². The molecule has 2 aromatic rings. The van der Waals surface area contributed by atoms with Gasteiger partial charge in [0.2, 0.25) is 5.91 Å².